The van der Waals surface area contributed by atoms with E-state index >= 15 is 0 Å². The zero-order valence-electron chi connectivity index (χ0n) is 11.5. The number of esters is 1. The highest BCUT2D eigenvalue weighted by molar-refractivity contribution is 7.99. The fourth-order valence-electron chi connectivity index (χ4n) is 2.23. The number of ether oxygens (including phenoxy) is 1. The Morgan fingerprint density at radius 2 is 2.21 bits per heavy atom. The topological polar surface area (TPSA) is 29.5 Å². The molecule has 0 aromatic heterocycles. The molecular formula is C15H21NO2S. The van der Waals surface area contributed by atoms with Gasteiger partial charge in [-0.05, 0) is 25.2 Å². The van der Waals surface area contributed by atoms with Crippen LogP contribution in [0.15, 0.2) is 30.3 Å². The second-order valence-corrected chi connectivity index (χ2v) is 6.12. The highest BCUT2D eigenvalue weighted by atomic mass is 32.2. The Bertz CT molecular complexity index is 410. The van der Waals surface area contributed by atoms with Crippen molar-refractivity contribution in [2.24, 2.45) is 0 Å². The van der Waals surface area contributed by atoms with Gasteiger partial charge >= 0.3 is 5.97 Å². The fraction of sp³-hybridized carbons (Fsp3) is 0.533. The van der Waals surface area contributed by atoms with E-state index in [9.17, 15) is 4.79 Å². The van der Waals surface area contributed by atoms with E-state index in [4.69, 9.17) is 4.74 Å². The lowest BCUT2D eigenvalue weighted by Gasteiger charge is -2.17. The van der Waals surface area contributed by atoms with Gasteiger partial charge in [-0.3, -0.25) is 9.69 Å². The molecule has 3 nitrogen and oxygen atoms in total. The van der Waals surface area contributed by atoms with Crippen LogP contribution in [0, 0.1) is 0 Å². The van der Waals surface area contributed by atoms with Crippen LogP contribution in [0.3, 0.4) is 0 Å². The molecule has 4 heteroatoms. The summed E-state index contributed by atoms with van der Waals surface area (Å²) in [6.45, 7) is 4.68. The summed E-state index contributed by atoms with van der Waals surface area (Å²) in [5, 5.41) is -0.0665. The van der Waals surface area contributed by atoms with Gasteiger partial charge in [0.15, 0.2) is 0 Å². The summed E-state index contributed by atoms with van der Waals surface area (Å²) in [6.07, 6.45) is 2.94. The normalized spacial score (nSPS) is 21.3. The van der Waals surface area contributed by atoms with E-state index in [2.05, 4.69) is 29.2 Å². The van der Waals surface area contributed by atoms with E-state index in [1.54, 1.807) is 0 Å². The molecule has 0 radical (unpaired) electrons. The number of nitrogens with zero attached hydrogens (tertiary/aromatic N) is 1. The quantitative estimate of drug-likeness (QED) is 0.775. The summed E-state index contributed by atoms with van der Waals surface area (Å²) >= 11 is 1.53. The number of carbonyl (C=O) groups is 1. The van der Waals surface area contributed by atoms with Crippen molar-refractivity contribution in [3.63, 3.8) is 0 Å². The fourth-order valence-corrected chi connectivity index (χ4v) is 2.48. The van der Waals surface area contributed by atoms with Gasteiger partial charge < -0.3 is 4.74 Å². The first-order valence-corrected chi connectivity index (χ1v) is 7.97. The van der Waals surface area contributed by atoms with Gasteiger partial charge in [-0.1, -0.05) is 30.3 Å². The lowest BCUT2D eigenvalue weighted by Crippen LogP contribution is -2.27. The average molecular weight is 279 g/mol. The number of likely N-dealkylation sites (tertiary alicyclic amines) is 1. The highest BCUT2D eigenvalue weighted by Crippen LogP contribution is 2.18. The van der Waals surface area contributed by atoms with E-state index in [-0.39, 0.29) is 17.3 Å². The van der Waals surface area contributed by atoms with Crippen molar-refractivity contribution in [1.82, 2.24) is 4.90 Å². The Labute approximate surface area is 119 Å². The van der Waals surface area contributed by atoms with Crippen LogP contribution in [-0.4, -0.2) is 41.6 Å². The largest absolute Gasteiger partial charge is 0.460 e. The van der Waals surface area contributed by atoms with Crippen molar-refractivity contribution in [3.05, 3.63) is 35.9 Å². The van der Waals surface area contributed by atoms with Crippen molar-refractivity contribution in [3.8, 4) is 0 Å². The number of carbonyl (C=O) groups excluding carboxylic acids is 1. The maximum atomic E-state index is 11.7. The highest BCUT2D eigenvalue weighted by Gasteiger charge is 2.27. The summed E-state index contributed by atoms with van der Waals surface area (Å²) < 4.78 is 5.53. The van der Waals surface area contributed by atoms with Gasteiger partial charge in [0.2, 0.25) is 0 Å². The minimum absolute atomic E-state index is 0.0609. The zero-order chi connectivity index (χ0) is 13.7. The second kappa shape index (κ2) is 6.96. The molecule has 0 unspecified atom stereocenters. The van der Waals surface area contributed by atoms with Crippen molar-refractivity contribution in [2.45, 2.75) is 31.2 Å². The van der Waals surface area contributed by atoms with Crippen molar-refractivity contribution in [2.75, 3.05) is 19.3 Å². The van der Waals surface area contributed by atoms with Crippen LogP contribution in [0.1, 0.15) is 18.9 Å². The maximum absolute atomic E-state index is 11.7. The standard InChI is InChI=1S/C15H21NO2S/c1-12(19-2)15(17)18-14-8-9-16(11-14)10-13-6-4-3-5-7-13/h3-7,12,14H,8-11H2,1-2H3/t12-,14+/m0/s1. The lowest BCUT2D eigenvalue weighted by molar-refractivity contribution is -0.147. The molecule has 19 heavy (non-hydrogen) atoms. The molecule has 104 valence electrons. The van der Waals surface area contributed by atoms with Gasteiger partial charge in [0.25, 0.3) is 0 Å². The van der Waals surface area contributed by atoms with E-state index in [0.717, 1.165) is 26.1 Å². The molecule has 0 saturated carbocycles. The molecule has 0 bridgehead atoms. The first-order chi connectivity index (χ1) is 9.19. The van der Waals surface area contributed by atoms with Gasteiger partial charge in [0, 0.05) is 19.6 Å². The predicted octanol–water partition coefficient (Wildman–Crippen LogP) is 2.56. The molecular weight excluding hydrogens is 258 g/mol. The van der Waals surface area contributed by atoms with Crippen molar-refractivity contribution >= 4 is 17.7 Å². The summed E-state index contributed by atoms with van der Waals surface area (Å²) in [7, 11) is 0. The molecule has 0 spiro atoms. The third-order valence-corrected chi connectivity index (χ3v) is 4.35. The van der Waals surface area contributed by atoms with Gasteiger partial charge in [0.1, 0.15) is 6.10 Å². The first-order valence-electron chi connectivity index (χ1n) is 6.68. The number of hydrogen-bond donors (Lipinski definition) is 0. The lowest BCUT2D eigenvalue weighted by atomic mass is 10.2. The van der Waals surface area contributed by atoms with Crippen LogP contribution in [-0.2, 0) is 16.1 Å². The molecule has 2 atom stereocenters. The van der Waals surface area contributed by atoms with E-state index in [1.807, 2.05) is 19.2 Å². The molecule has 2 rings (SSSR count). The molecule has 1 aliphatic heterocycles. The molecule has 1 fully saturated rings. The van der Waals surface area contributed by atoms with Crippen molar-refractivity contribution < 1.29 is 9.53 Å². The third kappa shape index (κ3) is 4.25. The van der Waals surface area contributed by atoms with E-state index in [0.29, 0.717) is 0 Å². The number of rotatable bonds is 5. The summed E-state index contributed by atoms with van der Waals surface area (Å²) in [4.78, 5) is 14.1. The van der Waals surface area contributed by atoms with Crippen LogP contribution in [0.5, 0.6) is 0 Å². The summed E-state index contributed by atoms with van der Waals surface area (Å²) in [6, 6.07) is 10.4. The van der Waals surface area contributed by atoms with Crippen LogP contribution in [0.4, 0.5) is 0 Å². The van der Waals surface area contributed by atoms with Gasteiger partial charge in [-0.15, -0.1) is 0 Å². The molecule has 0 amide bonds. The molecule has 0 aliphatic carbocycles. The smallest absolute Gasteiger partial charge is 0.319 e. The van der Waals surface area contributed by atoms with E-state index in [1.165, 1.54) is 17.3 Å². The number of benzene rings is 1. The minimum Gasteiger partial charge on any atom is -0.460 e. The predicted molar refractivity (Wildman–Crippen MR) is 79.2 cm³/mol. The average Bonchev–Trinajstić information content (AvgIpc) is 2.86. The number of thioether (sulfide) groups is 1. The molecule has 1 heterocycles. The van der Waals surface area contributed by atoms with E-state index < -0.39 is 0 Å². The molecule has 1 aliphatic rings. The van der Waals surface area contributed by atoms with Crippen molar-refractivity contribution in [1.29, 1.82) is 0 Å². The minimum atomic E-state index is -0.0842. The molecule has 1 aromatic rings. The summed E-state index contributed by atoms with van der Waals surface area (Å²) in [5.41, 5.74) is 1.31. The van der Waals surface area contributed by atoms with Gasteiger partial charge in [-0.2, -0.15) is 11.8 Å². The molecule has 1 saturated heterocycles. The Balaban J connectivity index is 1.79. The van der Waals surface area contributed by atoms with Gasteiger partial charge in [-0.25, -0.2) is 0 Å². The Hall–Kier alpha value is -1.00. The monoisotopic (exact) mass is 279 g/mol. The van der Waals surface area contributed by atoms with Crippen LogP contribution >= 0.6 is 11.8 Å². The maximum Gasteiger partial charge on any atom is 0.319 e. The number of hydrogen-bond acceptors (Lipinski definition) is 4. The zero-order valence-corrected chi connectivity index (χ0v) is 12.4. The van der Waals surface area contributed by atoms with Crippen LogP contribution in [0.25, 0.3) is 0 Å². The molecule has 0 N–H and O–H groups in total. The van der Waals surface area contributed by atoms with Gasteiger partial charge in [0.05, 0.1) is 5.25 Å². The van der Waals surface area contributed by atoms with Crippen LogP contribution in [0.2, 0.25) is 0 Å². The Morgan fingerprint density at radius 3 is 2.89 bits per heavy atom. The Morgan fingerprint density at radius 1 is 1.47 bits per heavy atom. The SMILES string of the molecule is CS[C@@H](C)C(=O)O[C@@H]1CCN(Cc2ccccc2)C1. The third-order valence-electron chi connectivity index (χ3n) is 3.45. The second-order valence-electron chi connectivity index (χ2n) is 4.95. The summed E-state index contributed by atoms with van der Waals surface area (Å²) in [5.74, 6) is -0.0842. The first kappa shape index (κ1) is 14.4. The molecule has 1 aromatic carbocycles. The van der Waals surface area contributed by atoms with Crippen LogP contribution < -0.4 is 0 Å². The Kier molecular flexibility index (Phi) is 5.28.